The first-order valence-corrected chi connectivity index (χ1v) is 8.41. The monoisotopic (exact) mass is 367 g/mol. The summed E-state index contributed by atoms with van der Waals surface area (Å²) in [4.78, 5) is 11.7. The molecule has 0 atom stereocenters. The minimum atomic E-state index is -0.286. The van der Waals surface area contributed by atoms with E-state index in [1.807, 2.05) is 24.3 Å². The van der Waals surface area contributed by atoms with Gasteiger partial charge in [-0.2, -0.15) is 0 Å². The van der Waals surface area contributed by atoms with Crippen molar-refractivity contribution in [1.82, 2.24) is 5.32 Å². The molecule has 2 nitrogen and oxygen atoms in total. The predicted molar refractivity (Wildman–Crippen MR) is 88.6 cm³/mol. The Morgan fingerprint density at radius 1 is 1.14 bits per heavy atom. The highest BCUT2D eigenvalue weighted by Crippen LogP contribution is 2.15. The average Bonchev–Trinajstić information content (AvgIpc) is 2.47. The Morgan fingerprint density at radius 3 is 2.62 bits per heavy atom. The van der Waals surface area contributed by atoms with Gasteiger partial charge in [-0.3, -0.25) is 4.79 Å². The molecule has 2 aromatic rings. The van der Waals surface area contributed by atoms with Gasteiger partial charge in [-0.15, -0.1) is 11.8 Å². The molecule has 0 heterocycles. The van der Waals surface area contributed by atoms with Gasteiger partial charge in [0.05, 0.1) is 5.75 Å². The van der Waals surface area contributed by atoms with Crippen LogP contribution < -0.4 is 5.32 Å². The Kier molecular flexibility index (Phi) is 6.26. The van der Waals surface area contributed by atoms with Crippen LogP contribution in [0.25, 0.3) is 0 Å². The molecule has 0 aliphatic carbocycles. The van der Waals surface area contributed by atoms with E-state index in [9.17, 15) is 9.18 Å². The zero-order chi connectivity index (χ0) is 15.1. The van der Waals surface area contributed by atoms with Crippen LogP contribution in [0.5, 0.6) is 0 Å². The van der Waals surface area contributed by atoms with E-state index < -0.39 is 0 Å². The fraction of sp³-hybridized carbons (Fsp3) is 0.188. The van der Waals surface area contributed by atoms with Gasteiger partial charge in [0, 0.05) is 16.8 Å². The van der Waals surface area contributed by atoms with Crippen molar-refractivity contribution in [3.8, 4) is 0 Å². The van der Waals surface area contributed by atoms with E-state index in [0.29, 0.717) is 12.3 Å². The maximum absolute atomic E-state index is 13.0. The molecule has 0 bridgehead atoms. The van der Waals surface area contributed by atoms with Crippen LogP contribution in [-0.2, 0) is 17.1 Å². The molecule has 0 aliphatic rings. The maximum atomic E-state index is 13.0. The number of carbonyl (C=O) groups excluding carboxylic acids is 1. The van der Waals surface area contributed by atoms with Gasteiger partial charge in [-0.25, -0.2) is 4.39 Å². The summed E-state index contributed by atoms with van der Waals surface area (Å²) in [7, 11) is 0. The summed E-state index contributed by atoms with van der Waals surface area (Å²) in [5, 5.41) is 2.79. The summed E-state index contributed by atoms with van der Waals surface area (Å²) in [5.41, 5.74) is 1.95. The van der Waals surface area contributed by atoms with E-state index in [2.05, 4.69) is 21.2 Å². The van der Waals surface area contributed by atoms with Gasteiger partial charge >= 0.3 is 0 Å². The number of rotatable bonds is 6. The van der Waals surface area contributed by atoms with Crippen molar-refractivity contribution >= 4 is 33.6 Å². The third kappa shape index (κ3) is 5.89. The van der Waals surface area contributed by atoms with Crippen molar-refractivity contribution in [1.29, 1.82) is 0 Å². The topological polar surface area (TPSA) is 29.1 Å². The standard InChI is InChI=1S/C16H15BrFNOS/c17-14-6-4-12(5-7-14)10-21-11-16(20)19-9-13-2-1-3-15(18)8-13/h1-8H,9-11H2,(H,19,20). The number of carbonyl (C=O) groups is 1. The van der Waals surface area contributed by atoms with Crippen molar-refractivity contribution in [3.63, 3.8) is 0 Å². The van der Waals surface area contributed by atoms with Gasteiger partial charge in [0.25, 0.3) is 0 Å². The summed E-state index contributed by atoms with van der Waals surface area (Å²) in [5.74, 6) is 0.860. The van der Waals surface area contributed by atoms with Crippen LogP contribution in [0.3, 0.4) is 0 Å². The molecule has 1 N–H and O–H groups in total. The van der Waals surface area contributed by atoms with Crippen molar-refractivity contribution in [2.24, 2.45) is 0 Å². The average molecular weight is 368 g/mol. The van der Waals surface area contributed by atoms with Crippen LogP contribution >= 0.6 is 27.7 Å². The highest BCUT2D eigenvalue weighted by Gasteiger charge is 2.03. The fourth-order valence-corrected chi connectivity index (χ4v) is 2.82. The third-order valence-electron chi connectivity index (χ3n) is 2.79. The van der Waals surface area contributed by atoms with Crippen LogP contribution in [0.2, 0.25) is 0 Å². The van der Waals surface area contributed by atoms with Gasteiger partial charge in [0.1, 0.15) is 5.82 Å². The lowest BCUT2D eigenvalue weighted by Crippen LogP contribution is -2.24. The Labute approximate surface area is 136 Å². The highest BCUT2D eigenvalue weighted by molar-refractivity contribution is 9.10. The van der Waals surface area contributed by atoms with E-state index in [1.165, 1.54) is 17.7 Å². The second-order valence-corrected chi connectivity index (χ2v) is 6.43. The Bertz CT molecular complexity index is 603. The van der Waals surface area contributed by atoms with Crippen LogP contribution in [-0.4, -0.2) is 11.7 Å². The van der Waals surface area contributed by atoms with Gasteiger partial charge in [-0.1, -0.05) is 40.2 Å². The fourth-order valence-electron chi connectivity index (χ4n) is 1.74. The maximum Gasteiger partial charge on any atom is 0.230 e. The predicted octanol–water partition coefficient (Wildman–Crippen LogP) is 4.14. The summed E-state index contributed by atoms with van der Waals surface area (Å²) in [6, 6.07) is 14.3. The number of hydrogen-bond acceptors (Lipinski definition) is 2. The second-order valence-electron chi connectivity index (χ2n) is 4.53. The van der Waals surface area contributed by atoms with Crippen molar-refractivity contribution in [3.05, 3.63) is 69.9 Å². The number of thioether (sulfide) groups is 1. The molecule has 21 heavy (non-hydrogen) atoms. The zero-order valence-electron chi connectivity index (χ0n) is 11.3. The lowest BCUT2D eigenvalue weighted by Gasteiger charge is -2.06. The molecule has 0 aromatic heterocycles. The molecule has 1 amide bonds. The Hall–Kier alpha value is -1.33. The first-order valence-electron chi connectivity index (χ1n) is 6.47. The molecule has 0 unspecified atom stereocenters. The number of hydrogen-bond donors (Lipinski definition) is 1. The van der Waals surface area contributed by atoms with E-state index >= 15 is 0 Å². The molecule has 110 valence electrons. The molecular weight excluding hydrogens is 353 g/mol. The minimum absolute atomic E-state index is 0.0404. The van der Waals surface area contributed by atoms with E-state index in [0.717, 1.165) is 15.8 Å². The van der Waals surface area contributed by atoms with E-state index in [1.54, 1.807) is 23.9 Å². The summed E-state index contributed by atoms with van der Waals surface area (Å²) in [6.07, 6.45) is 0. The lowest BCUT2D eigenvalue weighted by molar-refractivity contribution is -0.118. The van der Waals surface area contributed by atoms with E-state index in [-0.39, 0.29) is 11.7 Å². The molecule has 0 spiro atoms. The quantitative estimate of drug-likeness (QED) is 0.831. The van der Waals surface area contributed by atoms with Crippen LogP contribution in [0.4, 0.5) is 4.39 Å². The van der Waals surface area contributed by atoms with Crippen LogP contribution in [0, 0.1) is 5.82 Å². The Balaban J connectivity index is 1.69. The zero-order valence-corrected chi connectivity index (χ0v) is 13.7. The first-order chi connectivity index (χ1) is 10.1. The van der Waals surface area contributed by atoms with Crippen molar-refractivity contribution in [2.45, 2.75) is 12.3 Å². The Morgan fingerprint density at radius 2 is 1.90 bits per heavy atom. The number of halogens is 2. The molecule has 2 rings (SSSR count). The number of amides is 1. The third-order valence-corrected chi connectivity index (χ3v) is 4.33. The van der Waals surface area contributed by atoms with Gasteiger partial charge in [0.2, 0.25) is 5.91 Å². The molecular formula is C16H15BrFNOS. The van der Waals surface area contributed by atoms with Crippen LogP contribution in [0.15, 0.2) is 53.0 Å². The molecule has 0 saturated heterocycles. The molecule has 0 saturated carbocycles. The largest absolute Gasteiger partial charge is 0.351 e. The molecule has 5 heteroatoms. The minimum Gasteiger partial charge on any atom is -0.351 e. The molecule has 0 aliphatic heterocycles. The summed E-state index contributed by atoms with van der Waals surface area (Å²) in [6.45, 7) is 0.357. The smallest absolute Gasteiger partial charge is 0.230 e. The highest BCUT2D eigenvalue weighted by atomic mass is 79.9. The van der Waals surface area contributed by atoms with E-state index in [4.69, 9.17) is 0 Å². The number of nitrogens with one attached hydrogen (secondary N) is 1. The van der Waals surface area contributed by atoms with Gasteiger partial charge in [-0.05, 0) is 35.4 Å². The second kappa shape index (κ2) is 8.20. The van der Waals surface area contributed by atoms with Gasteiger partial charge in [0.15, 0.2) is 0 Å². The molecule has 2 aromatic carbocycles. The summed E-state index contributed by atoms with van der Waals surface area (Å²) >= 11 is 4.94. The first kappa shape index (κ1) is 16.0. The van der Waals surface area contributed by atoms with Gasteiger partial charge < -0.3 is 5.32 Å². The van der Waals surface area contributed by atoms with Crippen molar-refractivity contribution < 1.29 is 9.18 Å². The van der Waals surface area contributed by atoms with Crippen LogP contribution in [0.1, 0.15) is 11.1 Å². The van der Waals surface area contributed by atoms with Crippen molar-refractivity contribution in [2.75, 3.05) is 5.75 Å². The number of benzene rings is 2. The SMILES string of the molecule is O=C(CSCc1ccc(Br)cc1)NCc1cccc(F)c1. The lowest BCUT2D eigenvalue weighted by atomic mass is 10.2. The summed E-state index contributed by atoms with van der Waals surface area (Å²) < 4.78 is 14.0. The molecule has 0 radical (unpaired) electrons. The molecule has 0 fully saturated rings. The normalized spacial score (nSPS) is 10.4.